The Hall–Kier alpha value is -3.89. The van der Waals surface area contributed by atoms with Gasteiger partial charge in [0.05, 0.1) is 26.9 Å². The summed E-state index contributed by atoms with van der Waals surface area (Å²) >= 11 is 0. The van der Waals surface area contributed by atoms with Gasteiger partial charge in [-0.05, 0) is 30.5 Å². The van der Waals surface area contributed by atoms with E-state index in [0.717, 1.165) is 17.5 Å². The number of methoxy groups -OCH3 is 2. The summed E-state index contributed by atoms with van der Waals surface area (Å²) in [5.41, 5.74) is 0.651. The molecule has 1 unspecified atom stereocenters. The Morgan fingerprint density at radius 1 is 1.00 bits per heavy atom. The highest BCUT2D eigenvalue weighted by atomic mass is 16.5. The quantitative estimate of drug-likeness (QED) is 0.197. The van der Waals surface area contributed by atoms with Crippen molar-refractivity contribution < 1.29 is 28.5 Å². The molecule has 0 bridgehead atoms. The molecule has 1 fully saturated rings. The normalized spacial score (nSPS) is 16.2. The van der Waals surface area contributed by atoms with Crippen molar-refractivity contribution in [3.8, 4) is 5.75 Å². The van der Waals surface area contributed by atoms with Crippen LogP contribution in [0.15, 0.2) is 71.7 Å². The number of hydrogen-bond acceptors (Lipinski definition) is 8. The number of hydrogen-bond donors (Lipinski definition) is 0. The predicted molar refractivity (Wildman–Crippen MR) is 154 cm³/mol. The number of nitrogens with zero attached hydrogens (tertiary/aromatic N) is 2. The second-order valence-corrected chi connectivity index (χ2v) is 9.78. The molecule has 2 radical (unpaired) electrons. The Kier molecular flexibility index (Phi) is 10.4. The monoisotopic (exact) mass is 558 g/mol. The third kappa shape index (κ3) is 6.55. The van der Waals surface area contributed by atoms with Gasteiger partial charge in [-0.3, -0.25) is 4.79 Å². The molecule has 1 aliphatic rings. The maximum absolute atomic E-state index is 13.6. The number of benzene rings is 2. The van der Waals surface area contributed by atoms with E-state index in [2.05, 4.69) is 0 Å². The molecular weight excluding hydrogens is 523 g/mol. The van der Waals surface area contributed by atoms with E-state index in [0.29, 0.717) is 26.0 Å². The molecule has 0 aliphatic carbocycles. The summed E-state index contributed by atoms with van der Waals surface area (Å²) < 4.78 is 23.9. The van der Waals surface area contributed by atoms with E-state index >= 15 is 0 Å². The second-order valence-electron chi connectivity index (χ2n) is 9.78. The number of unbranched alkanes of at least 4 members (excludes halogenated alkanes) is 1. The van der Waals surface area contributed by atoms with Crippen LogP contribution < -0.4 is 10.2 Å². The molecule has 9 nitrogen and oxygen atoms in total. The van der Waals surface area contributed by atoms with E-state index < -0.39 is 35.6 Å². The first-order valence-electron chi connectivity index (χ1n) is 13.7. The first kappa shape index (κ1) is 30.1. The molecule has 0 N–H and O–H groups in total. The largest absolute Gasteiger partial charge is 0.487 e. The van der Waals surface area contributed by atoms with Crippen molar-refractivity contribution in [2.75, 3.05) is 34.0 Å². The number of esters is 2. The van der Waals surface area contributed by atoms with E-state index in [4.69, 9.17) is 26.9 Å². The Morgan fingerprint density at radius 2 is 1.61 bits per heavy atom. The summed E-state index contributed by atoms with van der Waals surface area (Å²) in [6.45, 7) is 3.11. The summed E-state index contributed by atoms with van der Waals surface area (Å²) in [7, 11) is 8.98. The van der Waals surface area contributed by atoms with Gasteiger partial charge in [-0.1, -0.05) is 74.0 Å². The molecule has 1 aromatic heterocycles. The van der Waals surface area contributed by atoms with Crippen molar-refractivity contribution >= 4 is 19.9 Å². The molecule has 0 amide bonds. The molecule has 2 heterocycles. The van der Waals surface area contributed by atoms with Gasteiger partial charge in [-0.2, -0.15) is 0 Å². The summed E-state index contributed by atoms with van der Waals surface area (Å²) in [5.74, 6) is -2.37. The summed E-state index contributed by atoms with van der Waals surface area (Å²) in [6, 6.07) is 18.7. The van der Waals surface area contributed by atoms with Crippen molar-refractivity contribution in [1.82, 2.24) is 9.38 Å². The molecule has 2 aromatic carbocycles. The third-order valence-corrected chi connectivity index (χ3v) is 7.17. The zero-order valence-corrected chi connectivity index (χ0v) is 23.7. The van der Waals surface area contributed by atoms with Crippen molar-refractivity contribution in [3.63, 3.8) is 0 Å². The van der Waals surface area contributed by atoms with Gasteiger partial charge in [0, 0.05) is 18.7 Å². The van der Waals surface area contributed by atoms with Gasteiger partial charge >= 0.3 is 11.9 Å². The molecule has 2 atom stereocenters. The van der Waals surface area contributed by atoms with Crippen molar-refractivity contribution in [1.29, 1.82) is 0 Å². The number of aromatic nitrogens is 1. The number of rotatable bonds is 11. The van der Waals surface area contributed by atoms with Crippen LogP contribution in [0.25, 0.3) is 0 Å². The zero-order valence-electron chi connectivity index (χ0n) is 23.7. The Balaban J connectivity index is 2.10. The van der Waals surface area contributed by atoms with Gasteiger partial charge in [0.1, 0.15) is 11.8 Å². The lowest BCUT2D eigenvalue weighted by Gasteiger charge is -2.43. The van der Waals surface area contributed by atoms with Crippen LogP contribution in [0.5, 0.6) is 5.75 Å². The SMILES string of the molecule is [B]N1CCCOC1[C@H](C(c1ccccc1)c1ccccc1)n1cc(C(=O)OC)c(=O)c(OCCCC)c1C(=O)OC. The van der Waals surface area contributed by atoms with Crippen LogP contribution >= 0.6 is 0 Å². The molecule has 10 heteroatoms. The highest BCUT2D eigenvalue weighted by molar-refractivity contribution is 6.04. The minimum atomic E-state index is -0.857. The van der Waals surface area contributed by atoms with Crippen LogP contribution in [0, 0.1) is 0 Å². The summed E-state index contributed by atoms with van der Waals surface area (Å²) in [6.07, 6.45) is 2.72. The van der Waals surface area contributed by atoms with Gasteiger partial charge in [0.25, 0.3) is 0 Å². The highest BCUT2D eigenvalue weighted by Gasteiger charge is 2.41. The fourth-order valence-corrected chi connectivity index (χ4v) is 5.19. The first-order valence-corrected chi connectivity index (χ1v) is 13.7. The third-order valence-electron chi connectivity index (χ3n) is 7.17. The molecule has 214 valence electrons. The topological polar surface area (TPSA) is 96.3 Å². The maximum atomic E-state index is 13.6. The number of carbonyl (C=O) groups excluding carboxylic acids is 2. The second kappa shape index (κ2) is 14.1. The fourth-order valence-electron chi connectivity index (χ4n) is 5.19. The van der Waals surface area contributed by atoms with E-state index in [-0.39, 0.29) is 23.6 Å². The van der Waals surface area contributed by atoms with E-state index in [9.17, 15) is 14.4 Å². The lowest BCUT2D eigenvalue weighted by Crippen LogP contribution is -2.49. The first-order chi connectivity index (χ1) is 19.9. The number of ether oxygens (including phenoxy) is 4. The average Bonchev–Trinajstić information content (AvgIpc) is 3.01. The Bertz CT molecular complexity index is 1340. The number of carbonyl (C=O) groups is 2. The Morgan fingerprint density at radius 3 is 2.15 bits per heavy atom. The van der Waals surface area contributed by atoms with Crippen LogP contribution in [-0.4, -0.2) is 69.5 Å². The minimum absolute atomic E-state index is 0.134. The molecule has 4 rings (SSSR count). The van der Waals surface area contributed by atoms with Crippen molar-refractivity contribution in [2.24, 2.45) is 0 Å². The number of pyridine rings is 1. The smallest absolute Gasteiger partial charge is 0.358 e. The zero-order chi connectivity index (χ0) is 29.4. The van der Waals surface area contributed by atoms with E-state index in [1.165, 1.54) is 20.4 Å². The standard InChI is InChI=1S/C31H35BN2O7/c1-4-5-18-40-28-26(31(37)39-3)33(20-23(27(28)35)30(36)38-2)25(29-34(32)17-12-19-41-29)24(21-13-8-6-9-14-21)22-15-10-7-11-16-22/h6-11,13-16,20,24-25,29H,4-5,12,17-19H2,1-3H3/t25-,29?/m0/s1. The van der Waals surface area contributed by atoms with Crippen LogP contribution in [0.3, 0.4) is 0 Å². The Labute approximate surface area is 241 Å². The lowest BCUT2D eigenvalue weighted by molar-refractivity contribution is -0.0871. The van der Waals surface area contributed by atoms with Gasteiger partial charge in [-0.25, -0.2) is 9.59 Å². The highest BCUT2D eigenvalue weighted by Crippen LogP contribution is 2.41. The van der Waals surface area contributed by atoms with Gasteiger partial charge in [-0.15, -0.1) is 0 Å². The van der Waals surface area contributed by atoms with Gasteiger partial charge < -0.3 is 28.3 Å². The minimum Gasteiger partial charge on any atom is -0.487 e. The van der Waals surface area contributed by atoms with E-state index in [1.54, 1.807) is 9.38 Å². The molecule has 41 heavy (non-hydrogen) atoms. The molecule has 0 saturated carbocycles. The summed E-state index contributed by atoms with van der Waals surface area (Å²) in [4.78, 5) is 41.6. The van der Waals surface area contributed by atoms with Gasteiger partial charge in [0.15, 0.2) is 19.4 Å². The van der Waals surface area contributed by atoms with Crippen molar-refractivity contribution in [3.05, 3.63) is 99.5 Å². The van der Waals surface area contributed by atoms with Crippen LogP contribution in [0.4, 0.5) is 0 Å². The van der Waals surface area contributed by atoms with Crippen molar-refractivity contribution in [2.45, 2.75) is 44.4 Å². The molecular formula is C31H35BN2O7. The van der Waals surface area contributed by atoms with E-state index in [1.807, 2.05) is 67.6 Å². The molecule has 1 aliphatic heterocycles. The summed E-state index contributed by atoms with van der Waals surface area (Å²) in [5, 5.41) is 0. The molecule has 1 saturated heterocycles. The average molecular weight is 558 g/mol. The van der Waals surface area contributed by atoms with Crippen LogP contribution in [0.1, 0.15) is 70.1 Å². The lowest BCUT2D eigenvalue weighted by atomic mass is 9.82. The van der Waals surface area contributed by atoms with Gasteiger partial charge in [0.2, 0.25) is 5.43 Å². The fraction of sp³-hybridized carbons (Fsp3) is 0.387. The maximum Gasteiger partial charge on any atom is 0.358 e. The van der Waals surface area contributed by atoms with Crippen LogP contribution in [0.2, 0.25) is 0 Å². The predicted octanol–water partition coefficient (Wildman–Crippen LogP) is 4.11. The van der Waals surface area contributed by atoms with Crippen LogP contribution in [-0.2, 0) is 14.2 Å². The molecule has 3 aromatic rings. The molecule has 0 spiro atoms.